The zero-order chi connectivity index (χ0) is 9.46. The maximum atomic E-state index is 12.7. The van der Waals surface area contributed by atoms with Crippen molar-refractivity contribution in [1.29, 1.82) is 0 Å². The van der Waals surface area contributed by atoms with E-state index in [0.717, 1.165) is 0 Å². The summed E-state index contributed by atoms with van der Waals surface area (Å²) in [6, 6.07) is 0. The Hall–Kier alpha value is -0.626. The Morgan fingerprint density at radius 1 is 0.583 bits per heavy atom. The van der Waals surface area contributed by atoms with Gasteiger partial charge in [-0.25, -0.2) is 17.6 Å². The van der Waals surface area contributed by atoms with Gasteiger partial charge in [0.05, 0.1) is 0 Å². The molecule has 0 bridgehead atoms. The van der Waals surface area contributed by atoms with Crippen LogP contribution in [0.2, 0.25) is 0 Å². The molecule has 1 rings (SSSR count). The molecule has 0 fully saturated rings. The summed E-state index contributed by atoms with van der Waals surface area (Å²) in [6.45, 7) is 0. The topological polar surface area (TPSA) is 0 Å². The highest BCUT2D eigenvalue weighted by molar-refractivity contribution is 6.48. The van der Waals surface area contributed by atoms with Gasteiger partial charge in [-0.1, -0.05) is 0 Å². The Kier molecular flexibility index (Phi) is 2.38. The van der Waals surface area contributed by atoms with E-state index >= 15 is 0 Å². The summed E-state index contributed by atoms with van der Waals surface area (Å²) in [6.07, 6.45) is 0. The lowest BCUT2D eigenvalue weighted by Gasteiger charge is -2.05. The van der Waals surface area contributed by atoms with E-state index in [1.165, 1.54) is 0 Å². The molecule has 1 aromatic carbocycles. The van der Waals surface area contributed by atoms with Gasteiger partial charge in [0.15, 0.2) is 23.3 Å². The molecule has 0 heterocycles. The molecule has 0 saturated carbocycles. The molecule has 0 aliphatic carbocycles. The van der Waals surface area contributed by atoms with Crippen LogP contribution >= 0.6 is 0 Å². The second kappa shape index (κ2) is 3.02. The maximum absolute atomic E-state index is 12.7. The van der Waals surface area contributed by atoms with Gasteiger partial charge in [0.25, 0.3) is 0 Å². The van der Waals surface area contributed by atoms with Crippen LogP contribution in [0, 0.1) is 23.3 Å². The highest BCUT2D eigenvalue weighted by Gasteiger charge is 2.19. The summed E-state index contributed by atoms with van der Waals surface area (Å²) >= 11 is 0. The fraction of sp³-hybridized carbons (Fsp3) is 0. The highest BCUT2D eigenvalue weighted by atomic mass is 28.2. The molecule has 0 N–H and O–H groups in total. The van der Waals surface area contributed by atoms with Gasteiger partial charge in [-0.3, -0.25) is 0 Å². The largest absolute Gasteiger partial charge is 0.204 e. The van der Waals surface area contributed by atoms with Crippen molar-refractivity contribution in [3.8, 4) is 0 Å². The van der Waals surface area contributed by atoms with Crippen LogP contribution in [-0.4, -0.2) is 20.5 Å². The summed E-state index contributed by atoms with van der Waals surface area (Å²) in [5.41, 5.74) is 0. The zero-order valence-corrected chi connectivity index (χ0v) is 10.5. The van der Waals surface area contributed by atoms with Crippen molar-refractivity contribution in [3.05, 3.63) is 23.3 Å². The second-order valence-corrected chi connectivity index (χ2v) is 4.51. The molecule has 0 nitrogen and oxygen atoms in total. The Balaban J connectivity index is 3.60. The number of rotatable bonds is 0. The number of hydrogen-bond donors (Lipinski definition) is 0. The van der Waals surface area contributed by atoms with E-state index < -0.39 is 23.3 Å². The smallest absolute Gasteiger partial charge is 0.197 e. The molecule has 0 spiro atoms. The van der Waals surface area contributed by atoms with Crippen LogP contribution in [0.3, 0.4) is 0 Å². The third kappa shape index (κ3) is 1.20. The molecule has 0 aromatic heterocycles. The van der Waals surface area contributed by atoms with Gasteiger partial charge in [0.2, 0.25) is 0 Å². The average molecular weight is 210 g/mol. The van der Waals surface area contributed by atoms with Crippen molar-refractivity contribution in [3.63, 3.8) is 0 Å². The third-order valence-electron chi connectivity index (χ3n) is 1.80. The quantitative estimate of drug-likeness (QED) is 0.206. The molecule has 12 heavy (non-hydrogen) atoms. The van der Waals surface area contributed by atoms with Gasteiger partial charge in [-0.15, -0.1) is 0 Å². The van der Waals surface area contributed by atoms with Crippen molar-refractivity contribution < 1.29 is 17.6 Å². The third-order valence-corrected chi connectivity index (χ3v) is 5.18. The van der Waals surface area contributed by atoms with Crippen LogP contribution in [-0.2, 0) is 0 Å². The first-order chi connectivity index (χ1) is 5.46. The summed E-state index contributed by atoms with van der Waals surface area (Å²) < 4.78 is 50.4. The summed E-state index contributed by atoms with van der Waals surface area (Å²) in [5, 5.41) is -0.00358. The van der Waals surface area contributed by atoms with Gasteiger partial charge in [0.1, 0.15) is 0 Å². The van der Waals surface area contributed by atoms with E-state index in [9.17, 15) is 17.6 Å². The minimum atomic E-state index is -1.70. The molecular formula is C6H6F4Si2. The van der Waals surface area contributed by atoms with Gasteiger partial charge in [-0.2, -0.15) is 0 Å². The lowest BCUT2D eigenvalue weighted by Crippen LogP contribution is -2.34. The predicted octanol–water partition coefficient (Wildman–Crippen LogP) is -1.78. The molecule has 66 valence electrons. The van der Waals surface area contributed by atoms with Crippen LogP contribution < -0.4 is 10.4 Å². The number of hydrogen-bond acceptors (Lipinski definition) is 0. The van der Waals surface area contributed by atoms with Crippen LogP contribution in [0.25, 0.3) is 0 Å². The van der Waals surface area contributed by atoms with E-state index in [1.807, 2.05) is 0 Å². The van der Waals surface area contributed by atoms with Crippen molar-refractivity contribution >= 4 is 30.9 Å². The first kappa shape index (κ1) is 9.46. The van der Waals surface area contributed by atoms with Gasteiger partial charge in [0, 0.05) is 20.5 Å². The first-order valence-electron chi connectivity index (χ1n) is 3.26. The zero-order valence-electron chi connectivity index (χ0n) is 6.51. The molecule has 0 unspecified atom stereocenters. The molecule has 0 aliphatic heterocycles. The molecule has 0 saturated heterocycles. The molecule has 0 radical (unpaired) electrons. The van der Waals surface area contributed by atoms with Crippen LogP contribution in [0.1, 0.15) is 0 Å². The van der Waals surface area contributed by atoms with Crippen LogP contribution in [0.5, 0.6) is 0 Å². The van der Waals surface area contributed by atoms with E-state index in [0.29, 0.717) is 0 Å². The van der Waals surface area contributed by atoms with E-state index in [4.69, 9.17) is 0 Å². The Bertz CT molecular complexity index is 232. The van der Waals surface area contributed by atoms with E-state index in [-0.39, 0.29) is 30.9 Å². The Morgan fingerprint density at radius 3 is 1.08 bits per heavy atom. The molecule has 0 aliphatic rings. The summed E-state index contributed by atoms with van der Waals surface area (Å²) in [7, 11) is 0.373. The molecule has 0 amide bonds. The number of halogens is 4. The minimum Gasteiger partial charge on any atom is -0.204 e. The standard InChI is InChI=1S/C6H6F4Si2/c7-1-2(8)4(10)6(12)5(11)3(1)9/h11-12H3. The Morgan fingerprint density at radius 2 is 0.833 bits per heavy atom. The minimum absolute atomic E-state index is 0.00179. The van der Waals surface area contributed by atoms with Crippen LogP contribution in [0.4, 0.5) is 17.6 Å². The maximum Gasteiger partial charge on any atom is 0.197 e. The second-order valence-electron chi connectivity index (χ2n) is 2.51. The van der Waals surface area contributed by atoms with E-state index in [1.54, 1.807) is 0 Å². The van der Waals surface area contributed by atoms with Gasteiger partial charge < -0.3 is 0 Å². The van der Waals surface area contributed by atoms with Crippen molar-refractivity contribution in [2.75, 3.05) is 0 Å². The highest BCUT2D eigenvalue weighted by Crippen LogP contribution is 2.09. The van der Waals surface area contributed by atoms with E-state index in [2.05, 4.69) is 0 Å². The Labute approximate surface area is 72.4 Å². The summed E-state index contributed by atoms with van der Waals surface area (Å²) in [5.74, 6) is -5.86. The average Bonchev–Trinajstić information content (AvgIpc) is 2.08. The van der Waals surface area contributed by atoms with Crippen molar-refractivity contribution in [1.82, 2.24) is 0 Å². The fourth-order valence-corrected chi connectivity index (χ4v) is 1.73. The lowest BCUT2D eigenvalue weighted by molar-refractivity contribution is 0.416. The molecule has 6 heteroatoms. The molecule has 1 aromatic rings. The SMILES string of the molecule is Fc1c(F)c(F)c([SiH3])c([SiH3])c1F. The number of benzene rings is 1. The first-order valence-corrected chi connectivity index (χ1v) is 5.26. The molecular weight excluding hydrogens is 204 g/mol. The van der Waals surface area contributed by atoms with Gasteiger partial charge >= 0.3 is 0 Å². The fourth-order valence-electron chi connectivity index (χ4n) is 0.851. The predicted molar refractivity (Wildman–Crippen MR) is 45.4 cm³/mol. The van der Waals surface area contributed by atoms with Crippen LogP contribution in [0.15, 0.2) is 0 Å². The normalized spacial score (nSPS) is 11.0. The van der Waals surface area contributed by atoms with Crippen molar-refractivity contribution in [2.45, 2.75) is 0 Å². The summed E-state index contributed by atoms with van der Waals surface area (Å²) in [4.78, 5) is 0. The molecule has 0 atom stereocenters. The van der Waals surface area contributed by atoms with Crippen molar-refractivity contribution in [2.24, 2.45) is 0 Å². The monoisotopic (exact) mass is 210 g/mol. The van der Waals surface area contributed by atoms with Gasteiger partial charge in [-0.05, 0) is 10.4 Å². The lowest BCUT2D eigenvalue weighted by atomic mass is 10.3.